The number of hydrogen-bond acceptors (Lipinski definition) is 4. The summed E-state index contributed by atoms with van der Waals surface area (Å²) in [6, 6.07) is -0.366. The lowest BCUT2D eigenvalue weighted by Gasteiger charge is -2.30. The normalized spacial score (nSPS) is 28.1. The van der Waals surface area contributed by atoms with E-state index < -0.39 is 30.6 Å². The van der Waals surface area contributed by atoms with E-state index in [4.69, 9.17) is 10.9 Å². The highest BCUT2D eigenvalue weighted by Gasteiger charge is 2.43. The van der Waals surface area contributed by atoms with Gasteiger partial charge in [0.05, 0.1) is 6.10 Å². The zero-order chi connectivity index (χ0) is 13.8. The molecule has 106 valence electrons. The van der Waals surface area contributed by atoms with Crippen molar-refractivity contribution in [1.29, 1.82) is 0 Å². The molecule has 0 heterocycles. The van der Waals surface area contributed by atoms with Crippen LogP contribution in [0, 0.1) is 5.92 Å². The Hall–Kier alpha value is -1.02. The van der Waals surface area contributed by atoms with Crippen LogP contribution in [0.4, 0.5) is 13.2 Å². The number of rotatable bonds is 4. The van der Waals surface area contributed by atoms with Crippen LogP contribution in [0.3, 0.4) is 0 Å². The van der Waals surface area contributed by atoms with Crippen molar-refractivity contribution in [3.05, 3.63) is 0 Å². The molecule has 0 amide bonds. The van der Waals surface area contributed by atoms with Crippen LogP contribution >= 0.6 is 0 Å². The van der Waals surface area contributed by atoms with Gasteiger partial charge in [-0.2, -0.15) is 13.2 Å². The summed E-state index contributed by atoms with van der Waals surface area (Å²) in [7, 11) is 0. The van der Waals surface area contributed by atoms with Gasteiger partial charge in [0.2, 0.25) is 0 Å². The van der Waals surface area contributed by atoms with Gasteiger partial charge in [0.25, 0.3) is 0 Å². The van der Waals surface area contributed by atoms with Crippen molar-refractivity contribution in [2.45, 2.75) is 44.0 Å². The molecular weight excluding hydrogens is 251 g/mol. The summed E-state index contributed by atoms with van der Waals surface area (Å²) in [5.41, 5.74) is 5.03. The molecule has 1 fully saturated rings. The Morgan fingerprint density at radius 1 is 1.39 bits per heavy atom. The van der Waals surface area contributed by atoms with Crippen molar-refractivity contribution in [3.63, 3.8) is 0 Å². The fourth-order valence-electron chi connectivity index (χ4n) is 2.08. The van der Waals surface area contributed by atoms with Gasteiger partial charge >= 0.3 is 6.18 Å². The Morgan fingerprint density at radius 2 is 2.00 bits per heavy atom. The number of aliphatic hydroxyl groups is 1. The smallest absolute Gasteiger partial charge is 0.400 e. The Bertz CT molecular complexity index is 297. The van der Waals surface area contributed by atoms with E-state index in [9.17, 15) is 18.3 Å². The molecule has 0 radical (unpaired) electrons. The fraction of sp³-hybridized carbons (Fsp3) is 0.900. The summed E-state index contributed by atoms with van der Waals surface area (Å²) >= 11 is 0. The van der Waals surface area contributed by atoms with E-state index in [1.165, 1.54) is 0 Å². The van der Waals surface area contributed by atoms with Crippen LogP contribution in [-0.2, 0) is 0 Å². The average molecular weight is 269 g/mol. The van der Waals surface area contributed by atoms with Crippen LogP contribution < -0.4 is 11.1 Å². The molecule has 8 heteroatoms. The molecule has 1 aliphatic rings. The van der Waals surface area contributed by atoms with Crippen LogP contribution in [0.25, 0.3) is 0 Å². The molecule has 0 aromatic rings. The number of alkyl halides is 3. The predicted octanol–water partition coefficient (Wildman–Crippen LogP) is 0.804. The van der Waals surface area contributed by atoms with Gasteiger partial charge in [0.15, 0.2) is 5.84 Å². The third-order valence-electron chi connectivity index (χ3n) is 3.18. The quantitative estimate of drug-likeness (QED) is 0.263. The Balaban J connectivity index is 2.57. The summed E-state index contributed by atoms with van der Waals surface area (Å²) in [6.45, 7) is -0.499. The molecule has 0 bridgehead atoms. The average Bonchev–Trinajstić information content (AvgIpc) is 2.29. The molecule has 5 N–H and O–H groups in total. The fourth-order valence-corrected chi connectivity index (χ4v) is 2.08. The van der Waals surface area contributed by atoms with Crippen LogP contribution in [0.1, 0.15) is 25.7 Å². The SMILES string of the molecule is NC(=NO)C(CNC1CCCCC1O)C(F)(F)F. The highest BCUT2D eigenvalue weighted by atomic mass is 19.4. The lowest BCUT2D eigenvalue weighted by atomic mass is 9.92. The van der Waals surface area contributed by atoms with E-state index in [0.717, 1.165) is 12.8 Å². The third kappa shape index (κ3) is 4.02. The van der Waals surface area contributed by atoms with E-state index in [1.807, 2.05) is 0 Å². The molecule has 0 aromatic carbocycles. The molecule has 1 saturated carbocycles. The van der Waals surface area contributed by atoms with Gasteiger partial charge in [0, 0.05) is 12.6 Å². The third-order valence-corrected chi connectivity index (χ3v) is 3.18. The number of nitrogens with zero attached hydrogens (tertiary/aromatic N) is 1. The van der Waals surface area contributed by atoms with Gasteiger partial charge in [0.1, 0.15) is 5.92 Å². The maximum atomic E-state index is 12.6. The second-order valence-electron chi connectivity index (χ2n) is 4.49. The van der Waals surface area contributed by atoms with Gasteiger partial charge in [-0.05, 0) is 12.8 Å². The van der Waals surface area contributed by atoms with Crippen molar-refractivity contribution < 1.29 is 23.5 Å². The van der Waals surface area contributed by atoms with Crippen molar-refractivity contribution >= 4 is 5.84 Å². The van der Waals surface area contributed by atoms with E-state index in [-0.39, 0.29) is 6.04 Å². The molecule has 1 aliphatic carbocycles. The lowest BCUT2D eigenvalue weighted by molar-refractivity contribution is -0.155. The van der Waals surface area contributed by atoms with Gasteiger partial charge in [-0.15, -0.1) is 0 Å². The maximum absolute atomic E-state index is 12.6. The topological polar surface area (TPSA) is 90.9 Å². The number of nitrogens with one attached hydrogen (secondary N) is 1. The van der Waals surface area contributed by atoms with Crippen LogP contribution in [0.5, 0.6) is 0 Å². The van der Waals surface area contributed by atoms with Crippen molar-refractivity contribution in [3.8, 4) is 0 Å². The number of nitrogens with two attached hydrogens (primary N) is 1. The van der Waals surface area contributed by atoms with Crippen LogP contribution in [0.2, 0.25) is 0 Å². The lowest BCUT2D eigenvalue weighted by Crippen LogP contribution is -2.49. The minimum Gasteiger partial charge on any atom is -0.409 e. The highest BCUT2D eigenvalue weighted by molar-refractivity contribution is 5.83. The molecule has 5 nitrogen and oxygen atoms in total. The predicted molar refractivity (Wildman–Crippen MR) is 59.2 cm³/mol. The summed E-state index contributed by atoms with van der Waals surface area (Å²) in [5, 5.41) is 23.0. The van der Waals surface area contributed by atoms with Gasteiger partial charge in [-0.1, -0.05) is 18.0 Å². The first-order valence-corrected chi connectivity index (χ1v) is 5.82. The first-order valence-electron chi connectivity index (χ1n) is 5.82. The van der Waals surface area contributed by atoms with Crippen molar-refractivity contribution in [1.82, 2.24) is 5.32 Å². The zero-order valence-electron chi connectivity index (χ0n) is 9.82. The summed E-state index contributed by atoms with van der Waals surface area (Å²) < 4.78 is 37.9. The minimum atomic E-state index is -4.58. The minimum absolute atomic E-state index is 0.366. The van der Waals surface area contributed by atoms with E-state index >= 15 is 0 Å². The second-order valence-corrected chi connectivity index (χ2v) is 4.49. The highest BCUT2D eigenvalue weighted by Crippen LogP contribution is 2.27. The summed E-state index contributed by atoms with van der Waals surface area (Å²) in [5.74, 6) is -2.92. The molecule has 0 aromatic heterocycles. The molecular formula is C10H18F3N3O2. The van der Waals surface area contributed by atoms with Crippen molar-refractivity contribution in [2.24, 2.45) is 16.8 Å². The second kappa shape index (κ2) is 6.24. The molecule has 0 aliphatic heterocycles. The number of amidine groups is 1. The largest absolute Gasteiger partial charge is 0.409 e. The Morgan fingerprint density at radius 3 is 2.50 bits per heavy atom. The number of aliphatic hydroxyl groups excluding tert-OH is 1. The van der Waals surface area contributed by atoms with Gasteiger partial charge < -0.3 is 21.4 Å². The zero-order valence-corrected chi connectivity index (χ0v) is 9.82. The maximum Gasteiger partial charge on any atom is 0.400 e. The van der Waals surface area contributed by atoms with Crippen LogP contribution in [0.15, 0.2) is 5.16 Å². The van der Waals surface area contributed by atoms with E-state index in [1.54, 1.807) is 0 Å². The molecule has 18 heavy (non-hydrogen) atoms. The Labute approximate surface area is 103 Å². The molecule has 3 unspecified atom stereocenters. The number of oxime groups is 1. The van der Waals surface area contributed by atoms with E-state index in [0.29, 0.717) is 12.8 Å². The molecule has 0 saturated heterocycles. The number of halogens is 3. The summed E-state index contributed by atoms with van der Waals surface area (Å²) in [6.07, 6.45) is -2.26. The number of hydrogen-bond donors (Lipinski definition) is 4. The van der Waals surface area contributed by atoms with Gasteiger partial charge in [-0.25, -0.2) is 0 Å². The molecule has 1 rings (SSSR count). The standard InChI is InChI=1S/C10H18F3N3O2/c11-10(12,13)6(9(14)16-18)5-15-7-3-1-2-4-8(7)17/h6-8,15,17-18H,1-5H2,(H2,14,16). The first-order chi connectivity index (χ1) is 8.36. The monoisotopic (exact) mass is 269 g/mol. The van der Waals surface area contributed by atoms with Crippen molar-refractivity contribution in [2.75, 3.05) is 6.54 Å². The van der Waals surface area contributed by atoms with Crippen LogP contribution in [-0.4, -0.2) is 41.0 Å². The van der Waals surface area contributed by atoms with E-state index in [2.05, 4.69) is 10.5 Å². The molecule has 3 atom stereocenters. The Kier molecular flexibility index (Phi) is 5.21. The molecule has 0 spiro atoms. The summed E-state index contributed by atoms with van der Waals surface area (Å²) in [4.78, 5) is 0. The van der Waals surface area contributed by atoms with Gasteiger partial charge in [-0.3, -0.25) is 0 Å². The first kappa shape index (κ1) is 15.0.